The molecule has 0 aliphatic heterocycles. The van der Waals surface area contributed by atoms with Crippen molar-refractivity contribution in [2.45, 2.75) is 27.2 Å². The van der Waals surface area contributed by atoms with Crippen molar-refractivity contribution in [1.29, 1.82) is 5.26 Å². The Labute approximate surface area is 90.3 Å². The van der Waals surface area contributed by atoms with Crippen LogP contribution in [-0.2, 0) is 0 Å². The standard InChI is InChI=1S/C12H16N2O/c1-12(2,3)10(9-13)8-11(15)14-6-4-5-7-14/h4-7,10H,8H2,1-3H3/t10-/m0/s1. The van der Waals surface area contributed by atoms with Crippen LogP contribution in [0.1, 0.15) is 32.0 Å². The number of hydrogen-bond acceptors (Lipinski definition) is 2. The molecule has 0 unspecified atom stereocenters. The van der Waals surface area contributed by atoms with Gasteiger partial charge in [0, 0.05) is 18.8 Å². The Hall–Kier alpha value is -1.56. The smallest absolute Gasteiger partial charge is 0.231 e. The highest BCUT2D eigenvalue weighted by molar-refractivity contribution is 5.79. The van der Waals surface area contributed by atoms with Crippen LogP contribution in [0.3, 0.4) is 0 Å². The Kier molecular flexibility index (Phi) is 3.31. The first-order chi connectivity index (χ1) is 6.95. The van der Waals surface area contributed by atoms with Crippen LogP contribution in [0.5, 0.6) is 0 Å². The maximum atomic E-state index is 11.7. The molecule has 0 aromatic carbocycles. The number of aromatic nitrogens is 1. The number of rotatable bonds is 2. The molecule has 0 spiro atoms. The van der Waals surface area contributed by atoms with E-state index in [0.29, 0.717) is 0 Å². The quantitative estimate of drug-likeness (QED) is 0.743. The third-order valence-corrected chi connectivity index (χ3v) is 2.47. The molecule has 1 heterocycles. The van der Waals surface area contributed by atoms with E-state index in [1.165, 1.54) is 4.57 Å². The average molecular weight is 204 g/mol. The van der Waals surface area contributed by atoms with Gasteiger partial charge in [-0.15, -0.1) is 0 Å². The lowest BCUT2D eigenvalue weighted by Gasteiger charge is -2.23. The number of carbonyl (C=O) groups is 1. The zero-order chi connectivity index (χ0) is 11.5. The molecule has 0 amide bonds. The van der Waals surface area contributed by atoms with E-state index in [4.69, 9.17) is 5.26 Å². The van der Waals surface area contributed by atoms with Gasteiger partial charge in [0.1, 0.15) is 0 Å². The monoisotopic (exact) mass is 204 g/mol. The van der Waals surface area contributed by atoms with Gasteiger partial charge in [-0.3, -0.25) is 9.36 Å². The maximum absolute atomic E-state index is 11.7. The summed E-state index contributed by atoms with van der Waals surface area (Å²) in [6, 6.07) is 5.80. The van der Waals surface area contributed by atoms with Gasteiger partial charge in [0.2, 0.25) is 5.91 Å². The summed E-state index contributed by atoms with van der Waals surface area (Å²) >= 11 is 0. The van der Waals surface area contributed by atoms with Crippen LogP contribution < -0.4 is 0 Å². The highest BCUT2D eigenvalue weighted by Gasteiger charge is 2.27. The molecule has 3 nitrogen and oxygen atoms in total. The highest BCUT2D eigenvalue weighted by Crippen LogP contribution is 2.28. The summed E-state index contributed by atoms with van der Waals surface area (Å²) in [4.78, 5) is 11.7. The summed E-state index contributed by atoms with van der Waals surface area (Å²) in [7, 11) is 0. The van der Waals surface area contributed by atoms with Crippen molar-refractivity contribution in [3.05, 3.63) is 24.5 Å². The molecular formula is C12H16N2O. The topological polar surface area (TPSA) is 45.8 Å². The van der Waals surface area contributed by atoms with Crippen LogP contribution in [0.2, 0.25) is 0 Å². The zero-order valence-electron chi connectivity index (χ0n) is 9.40. The molecule has 1 rings (SSSR count). The Bertz CT molecular complexity index is 365. The van der Waals surface area contributed by atoms with E-state index < -0.39 is 0 Å². The molecule has 80 valence electrons. The lowest BCUT2D eigenvalue weighted by atomic mass is 9.79. The molecule has 0 fully saturated rings. The summed E-state index contributed by atoms with van der Waals surface area (Å²) in [6.07, 6.45) is 3.69. The van der Waals surface area contributed by atoms with Crippen LogP contribution in [0.25, 0.3) is 0 Å². The van der Waals surface area contributed by atoms with Gasteiger partial charge in [-0.2, -0.15) is 5.26 Å². The summed E-state index contributed by atoms with van der Waals surface area (Å²) in [5.74, 6) is -0.270. The predicted octanol–water partition coefficient (Wildman–Crippen LogP) is 2.70. The third kappa shape index (κ3) is 2.95. The molecule has 0 bridgehead atoms. The minimum Gasteiger partial charge on any atom is -0.295 e. The fourth-order valence-corrected chi connectivity index (χ4v) is 1.33. The lowest BCUT2D eigenvalue weighted by molar-refractivity contribution is 0.0861. The molecule has 0 saturated carbocycles. The van der Waals surface area contributed by atoms with Crippen molar-refractivity contribution >= 4 is 5.91 Å². The molecule has 0 radical (unpaired) electrons. The van der Waals surface area contributed by atoms with Crippen molar-refractivity contribution in [1.82, 2.24) is 4.57 Å². The molecule has 0 N–H and O–H groups in total. The second-order valence-corrected chi connectivity index (χ2v) is 4.74. The molecule has 15 heavy (non-hydrogen) atoms. The first-order valence-electron chi connectivity index (χ1n) is 5.01. The maximum Gasteiger partial charge on any atom is 0.231 e. The molecule has 1 aromatic heterocycles. The largest absolute Gasteiger partial charge is 0.295 e. The minimum absolute atomic E-state index is 0.0264. The normalized spacial score (nSPS) is 13.2. The van der Waals surface area contributed by atoms with Crippen molar-refractivity contribution in [2.75, 3.05) is 0 Å². The first-order valence-corrected chi connectivity index (χ1v) is 5.01. The van der Waals surface area contributed by atoms with Gasteiger partial charge in [0.05, 0.1) is 12.0 Å². The van der Waals surface area contributed by atoms with E-state index in [9.17, 15) is 4.79 Å². The third-order valence-electron chi connectivity index (χ3n) is 2.47. The molecule has 0 aliphatic carbocycles. The predicted molar refractivity (Wildman–Crippen MR) is 58.2 cm³/mol. The Morgan fingerprint density at radius 2 is 1.93 bits per heavy atom. The molecule has 1 aromatic rings. The Morgan fingerprint density at radius 3 is 2.33 bits per heavy atom. The van der Waals surface area contributed by atoms with Crippen molar-refractivity contribution < 1.29 is 4.79 Å². The number of carbonyl (C=O) groups excluding carboxylic acids is 1. The van der Waals surface area contributed by atoms with Crippen LogP contribution in [0, 0.1) is 22.7 Å². The van der Waals surface area contributed by atoms with Crippen molar-refractivity contribution in [2.24, 2.45) is 11.3 Å². The Morgan fingerprint density at radius 1 is 1.40 bits per heavy atom. The van der Waals surface area contributed by atoms with Crippen molar-refractivity contribution in [3.63, 3.8) is 0 Å². The number of nitriles is 1. The second kappa shape index (κ2) is 4.31. The van der Waals surface area contributed by atoms with Gasteiger partial charge in [-0.25, -0.2) is 0 Å². The van der Waals surface area contributed by atoms with E-state index in [0.717, 1.165) is 0 Å². The molecule has 0 saturated heterocycles. The average Bonchev–Trinajstić information content (AvgIpc) is 2.64. The zero-order valence-corrected chi connectivity index (χ0v) is 9.40. The second-order valence-electron chi connectivity index (χ2n) is 4.74. The SMILES string of the molecule is CC(C)(C)[C@H](C#N)CC(=O)n1cccc1. The van der Waals surface area contributed by atoms with Gasteiger partial charge in [0.25, 0.3) is 0 Å². The van der Waals surface area contributed by atoms with Crippen LogP contribution in [0.4, 0.5) is 0 Å². The summed E-state index contributed by atoms with van der Waals surface area (Å²) in [5, 5.41) is 9.00. The van der Waals surface area contributed by atoms with Gasteiger partial charge in [-0.1, -0.05) is 20.8 Å². The fraction of sp³-hybridized carbons (Fsp3) is 0.500. The molecule has 1 atom stereocenters. The van der Waals surface area contributed by atoms with Gasteiger partial charge in [-0.05, 0) is 17.5 Å². The molecule has 0 aliphatic rings. The summed E-state index contributed by atoms with van der Waals surface area (Å²) in [6.45, 7) is 5.93. The Balaban J connectivity index is 2.70. The minimum atomic E-state index is -0.243. The van der Waals surface area contributed by atoms with E-state index in [2.05, 4.69) is 6.07 Å². The van der Waals surface area contributed by atoms with E-state index in [1.54, 1.807) is 24.5 Å². The van der Waals surface area contributed by atoms with Crippen molar-refractivity contribution in [3.8, 4) is 6.07 Å². The summed E-state index contributed by atoms with van der Waals surface area (Å²) in [5.41, 5.74) is -0.155. The van der Waals surface area contributed by atoms with Crippen LogP contribution in [-0.4, -0.2) is 10.5 Å². The molecule has 3 heteroatoms. The van der Waals surface area contributed by atoms with Gasteiger partial charge < -0.3 is 0 Å². The lowest BCUT2D eigenvalue weighted by Crippen LogP contribution is -2.24. The van der Waals surface area contributed by atoms with Gasteiger partial charge in [0.15, 0.2) is 0 Å². The fourth-order valence-electron chi connectivity index (χ4n) is 1.33. The highest BCUT2D eigenvalue weighted by atomic mass is 16.1. The summed E-state index contributed by atoms with van der Waals surface area (Å²) < 4.78 is 1.52. The number of hydrogen-bond donors (Lipinski definition) is 0. The first kappa shape index (κ1) is 11.5. The van der Waals surface area contributed by atoms with Crippen LogP contribution >= 0.6 is 0 Å². The van der Waals surface area contributed by atoms with Gasteiger partial charge >= 0.3 is 0 Å². The number of nitrogens with zero attached hydrogens (tertiary/aromatic N) is 2. The van der Waals surface area contributed by atoms with E-state index >= 15 is 0 Å². The van der Waals surface area contributed by atoms with Crippen LogP contribution in [0.15, 0.2) is 24.5 Å². The van der Waals surface area contributed by atoms with E-state index in [-0.39, 0.29) is 23.7 Å². The molecular weight excluding hydrogens is 188 g/mol. The van der Waals surface area contributed by atoms with E-state index in [1.807, 2.05) is 20.8 Å².